The van der Waals surface area contributed by atoms with E-state index in [-0.39, 0.29) is 7.69 Å². The summed E-state index contributed by atoms with van der Waals surface area (Å²) in [6.45, 7) is 6.50. The van der Waals surface area contributed by atoms with E-state index in [2.05, 4.69) is 20.8 Å². The molecule has 1 radical (unpaired) electrons. The molecule has 0 spiro atoms. The van der Waals surface area contributed by atoms with Crippen molar-refractivity contribution in [3.05, 3.63) is 0 Å². The number of rotatable bonds is 0. The van der Waals surface area contributed by atoms with Crippen LogP contribution in [0.3, 0.4) is 0 Å². The van der Waals surface area contributed by atoms with Crippen molar-refractivity contribution in [3.63, 3.8) is 0 Å². The fraction of sp³-hybridized carbons (Fsp3) is 1.00. The van der Waals surface area contributed by atoms with Gasteiger partial charge in [0.1, 0.15) is 0 Å². The van der Waals surface area contributed by atoms with Gasteiger partial charge in [-0.2, -0.15) is 0 Å². The molecular weight excluding hydrogens is 90.9 g/mol. The second kappa shape index (κ2) is 9.37. The fourth-order valence-electron chi connectivity index (χ4n) is 0. The van der Waals surface area contributed by atoms with Gasteiger partial charge in [0.2, 0.25) is 0 Å². The number of hydrogen-bond acceptors (Lipinski definition) is 2. The Kier molecular flexibility index (Phi) is 13.5. The van der Waals surface area contributed by atoms with Crippen LogP contribution in [0.1, 0.15) is 20.8 Å². The molecule has 0 aromatic rings. The van der Waals surface area contributed by atoms with Gasteiger partial charge in [-0.15, -0.1) is 0 Å². The zero-order chi connectivity index (χ0) is 6.28. The highest BCUT2D eigenvalue weighted by molar-refractivity contribution is 6.13. The van der Waals surface area contributed by atoms with Crippen LogP contribution in [0.15, 0.2) is 0 Å². The standard InChI is InChI=1S/C4H10.BH2O2/c1-4(2)3;2-1-3/h4H,1-3H3;2-3H. The van der Waals surface area contributed by atoms with Crippen molar-refractivity contribution in [3.8, 4) is 0 Å². The smallest absolute Gasteiger partial charge is 0.429 e. The molecule has 3 heteroatoms. The first-order chi connectivity index (χ1) is 3.15. The first-order valence-electron chi connectivity index (χ1n) is 2.25. The van der Waals surface area contributed by atoms with Gasteiger partial charge in [0.25, 0.3) is 0 Å². The van der Waals surface area contributed by atoms with Crippen molar-refractivity contribution >= 4 is 7.69 Å². The second-order valence-corrected chi connectivity index (χ2v) is 1.85. The van der Waals surface area contributed by atoms with Gasteiger partial charge in [-0.3, -0.25) is 0 Å². The summed E-state index contributed by atoms with van der Waals surface area (Å²) in [5.74, 6) is 0.833. The zero-order valence-electron chi connectivity index (χ0n) is 5.05. The molecule has 0 aromatic carbocycles. The lowest BCUT2D eigenvalue weighted by atomic mass is 10.3. The van der Waals surface area contributed by atoms with Crippen LogP contribution < -0.4 is 0 Å². The minimum Gasteiger partial charge on any atom is -0.429 e. The summed E-state index contributed by atoms with van der Waals surface area (Å²) in [5, 5.41) is 14.0. The van der Waals surface area contributed by atoms with E-state index in [1.807, 2.05) is 0 Å². The predicted molar refractivity (Wildman–Crippen MR) is 30.7 cm³/mol. The Bertz CT molecular complexity index is 20.9. The van der Waals surface area contributed by atoms with E-state index in [9.17, 15) is 0 Å². The summed E-state index contributed by atoms with van der Waals surface area (Å²) < 4.78 is 0. The van der Waals surface area contributed by atoms with E-state index in [0.717, 1.165) is 5.92 Å². The van der Waals surface area contributed by atoms with Gasteiger partial charge in [0.15, 0.2) is 0 Å². The summed E-state index contributed by atoms with van der Waals surface area (Å²) in [7, 11) is 0. The molecule has 7 heavy (non-hydrogen) atoms. The summed E-state index contributed by atoms with van der Waals surface area (Å²) in [4.78, 5) is 0. The third kappa shape index (κ3) is 419000. The van der Waals surface area contributed by atoms with Crippen LogP contribution in [0.25, 0.3) is 0 Å². The molecule has 2 N–H and O–H groups in total. The molecule has 0 unspecified atom stereocenters. The molecule has 0 aliphatic carbocycles. The topological polar surface area (TPSA) is 40.5 Å². The van der Waals surface area contributed by atoms with Gasteiger partial charge in [-0.1, -0.05) is 20.8 Å². The highest BCUT2D eigenvalue weighted by Gasteiger charge is 1.68. The van der Waals surface area contributed by atoms with E-state index < -0.39 is 0 Å². The van der Waals surface area contributed by atoms with Gasteiger partial charge < -0.3 is 10.0 Å². The maximum Gasteiger partial charge on any atom is 0.482 e. The zero-order valence-corrected chi connectivity index (χ0v) is 5.05. The molecule has 43 valence electrons. The van der Waals surface area contributed by atoms with E-state index in [1.165, 1.54) is 0 Å². The van der Waals surface area contributed by atoms with Gasteiger partial charge >= 0.3 is 7.69 Å². The van der Waals surface area contributed by atoms with Crippen LogP contribution in [-0.2, 0) is 0 Å². The van der Waals surface area contributed by atoms with Crippen LogP contribution in [-0.4, -0.2) is 17.7 Å². The molecule has 0 rings (SSSR count). The summed E-state index contributed by atoms with van der Waals surface area (Å²) in [5.41, 5.74) is 0. The monoisotopic (exact) mass is 103 g/mol. The molecule has 0 heterocycles. The van der Waals surface area contributed by atoms with Gasteiger partial charge in [0, 0.05) is 0 Å². The normalized spacial score (nSPS) is 7.14. The molecule has 0 aliphatic rings. The molecule has 0 bridgehead atoms. The van der Waals surface area contributed by atoms with Crippen LogP contribution in [0.2, 0.25) is 0 Å². The summed E-state index contributed by atoms with van der Waals surface area (Å²) >= 11 is 0. The molecule has 0 aliphatic heterocycles. The van der Waals surface area contributed by atoms with Crippen LogP contribution in [0.4, 0.5) is 0 Å². The van der Waals surface area contributed by atoms with Gasteiger partial charge in [-0.05, 0) is 5.92 Å². The molecule has 0 saturated carbocycles. The van der Waals surface area contributed by atoms with Crippen molar-refractivity contribution in [2.45, 2.75) is 20.8 Å². The first kappa shape index (κ1) is 10.1. The third-order valence-corrected chi connectivity index (χ3v) is 0. The Labute approximate surface area is 45.5 Å². The van der Waals surface area contributed by atoms with E-state index >= 15 is 0 Å². The van der Waals surface area contributed by atoms with E-state index in [4.69, 9.17) is 10.0 Å². The van der Waals surface area contributed by atoms with Crippen LogP contribution in [0.5, 0.6) is 0 Å². The highest BCUT2D eigenvalue weighted by atomic mass is 16.4. The summed E-state index contributed by atoms with van der Waals surface area (Å²) in [6.07, 6.45) is 0. The maximum atomic E-state index is 7.00. The van der Waals surface area contributed by atoms with Gasteiger partial charge in [0.05, 0.1) is 0 Å². The fourth-order valence-corrected chi connectivity index (χ4v) is 0. The molecule has 2 nitrogen and oxygen atoms in total. The average molecular weight is 103 g/mol. The molecule has 0 atom stereocenters. The Balaban J connectivity index is 0. The Morgan fingerprint density at radius 2 is 1.14 bits per heavy atom. The van der Waals surface area contributed by atoms with Crippen molar-refractivity contribution in [2.24, 2.45) is 5.92 Å². The Morgan fingerprint density at radius 1 is 1.14 bits per heavy atom. The lowest BCUT2D eigenvalue weighted by Crippen LogP contribution is -1.75. The van der Waals surface area contributed by atoms with E-state index in [1.54, 1.807) is 0 Å². The quantitative estimate of drug-likeness (QED) is 0.429. The third-order valence-electron chi connectivity index (χ3n) is 0. The van der Waals surface area contributed by atoms with Crippen molar-refractivity contribution < 1.29 is 10.0 Å². The van der Waals surface area contributed by atoms with Crippen molar-refractivity contribution in [1.82, 2.24) is 0 Å². The molecule has 0 fully saturated rings. The average Bonchev–Trinajstić information content (AvgIpc) is 1.33. The highest BCUT2D eigenvalue weighted by Crippen LogP contribution is 1.81. The largest absolute Gasteiger partial charge is 0.482 e. The maximum absolute atomic E-state index is 7.00. The SMILES string of the molecule is CC(C)C.O[B]O. The second-order valence-electron chi connectivity index (χ2n) is 1.85. The minimum absolute atomic E-state index is 0. The minimum atomic E-state index is 0. The van der Waals surface area contributed by atoms with Crippen molar-refractivity contribution in [2.75, 3.05) is 0 Å². The van der Waals surface area contributed by atoms with Crippen molar-refractivity contribution in [1.29, 1.82) is 0 Å². The molecule has 0 amide bonds. The summed E-state index contributed by atoms with van der Waals surface area (Å²) in [6, 6.07) is 0. The molecule has 0 aromatic heterocycles. The Morgan fingerprint density at radius 3 is 1.14 bits per heavy atom. The van der Waals surface area contributed by atoms with Crippen LogP contribution in [0, 0.1) is 5.92 Å². The Hall–Kier alpha value is -0.0151. The predicted octanol–water partition coefficient (Wildman–Crippen LogP) is 0.167. The lowest BCUT2D eigenvalue weighted by Gasteiger charge is -1.79. The van der Waals surface area contributed by atoms with E-state index in [0.29, 0.717) is 0 Å². The molecule has 0 saturated heterocycles. The van der Waals surface area contributed by atoms with Crippen LogP contribution >= 0.6 is 0 Å². The van der Waals surface area contributed by atoms with Gasteiger partial charge in [-0.25, -0.2) is 0 Å². The molecular formula is C4H12BO2. The first-order valence-corrected chi connectivity index (χ1v) is 2.25. The number of hydrogen-bond donors (Lipinski definition) is 2. The lowest BCUT2D eigenvalue weighted by molar-refractivity contribution is 0.448.